The molecule has 7 nitrogen and oxygen atoms in total. The molecule has 8 heteroatoms. The van der Waals surface area contributed by atoms with E-state index in [1.165, 1.54) is 30.3 Å². The number of aromatic hydroxyl groups is 1. The van der Waals surface area contributed by atoms with Crippen molar-refractivity contribution in [1.29, 1.82) is 0 Å². The number of aliphatic hydroxyl groups excluding tert-OH is 1. The lowest BCUT2D eigenvalue weighted by atomic mass is 10.0. The Morgan fingerprint density at radius 2 is 1.91 bits per heavy atom. The van der Waals surface area contributed by atoms with Crippen LogP contribution in [0.15, 0.2) is 72.9 Å². The lowest BCUT2D eigenvalue weighted by molar-refractivity contribution is 0.0917. The molecular weight excluding hydrogens is 411 g/mol. The van der Waals surface area contributed by atoms with Gasteiger partial charge in [0, 0.05) is 29.4 Å². The molecule has 2 aromatic carbocycles. The van der Waals surface area contributed by atoms with Gasteiger partial charge in [0.2, 0.25) is 0 Å². The van der Waals surface area contributed by atoms with Crippen molar-refractivity contribution in [2.45, 2.75) is 12.5 Å². The molecule has 2 heterocycles. The monoisotopic (exact) mass is 432 g/mol. The second-order valence-electron chi connectivity index (χ2n) is 7.28. The Bertz CT molecular complexity index is 1210. The van der Waals surface area contributed by atoms with Crippen LogP contribution < -0.4 is 5.32 Å². The first-order chi connectivity index (χ1) is 15.5. The maximum absolute atomic E-state index is 13.2. The summed E-state index contributed by atoms with van der Waals surface area (Å²) in [5.41, 5.74) is 3.26. The van der Waals surface area contributed by atoms with Gasteiger partial charge in [-0.1, -0.05) is 6.07 Å². The quantitative estimate of drug-likeness (QED) is 0.358. The molecule has 0 fully saturated rings. The van der Waals surface area contributed by atoms with Crippen molar-refractivity contribution >= 4 is 5.91 Å². The van der Waals surface area contributed by atoms with Crippen molar-refractivity contribution < 1.29 is 19.4 Å². The first-order valence-electron chi connectivity index (χ1n) is 10.00. The smallest absolute Gasteiger partial charge is 0.252 e. The minimum Gasteiger partial charge on any atom is -0.508 e. The summed E-state index contributed by atoms with van der Waals surface area (Å²) in [7, 11) is 0. The van der Waals surface area contributed by atoms with Gasteiger partial charge in [-0.2, -0.15) is 5.10 Å². The van der Waals surface area contributed by atoms with Gasteiger partial charge in [0.1, 0.15) is 11.6 Å². The highest BCUT2D eigenvalue weighted by molar-refractivity contribution is 6.01. The average molecular weight is 432 g/mol. The Morgan fingerprint density at radius 3 is 2.62 bits per heavy atom. The van der Waals surface area contributed by atoms with Crippen LogP contribution in [0.3, 0.4) is 0 Å². The van der Waals surface area contributed by atoms with E-state index in [9.17, 15) is 19.4 Å². The van der Waals surface area contributed by atoms with Gasteiger partial charge < -0.3 is 15.5 Å². The summed E-state index contributed by atoms with van der Waals surface area (Å²) in [4.78, 5) is 17.2. The summed E-state index contributed by atoms with van der Waals surface area (Å²) < 4.78 is 13.2. The Labute approximate surface area is 183 Å². The number of rotatable bonds is 7. The zero-order valence-corrected chi connectivity index (χ0v) is 17.0. The third-order valence-electron chi connectivity index (χ3n) is 4.99. The lowest BCUT2D eigenvalue weighted by Crippen LogP contribution is -2.39. The van der Waals surface area contributed by atoms with E-state index in [1.807, 2.05) is 12.1 Å². The van der Waals surface area contributed by atoms with Crippen LogP contribution >= 0.6 is 0 Å². The molecule has 1 atom stereocenters. The largest absolute Gasteiger partial charge is 0.508 e. The number of nitrogens with zero attached hydrogens (tertiary/aromatic N) is 2. The van der Waals surface area contributed by atoms with Crippen LogP contribution in [0.1, 0.15) is 16.1 Å². The number of H-pyrrole nitrogens is 1. The van der Waals surface area contributed by atoms with Crippen LogP contribution in [0.25, 0.3) is 22.5 Å². The van der Waals surface area contributed by atoms with Gasteiger partial charge in [0.05, 0.1) is 24.0 Å². The number of halogens is 1. The summed E-state index contributed by atoms with van der Waals surface area (Å²) in [5.74, 6) is -0.777. The topological polar surface area (TPSA) is 111 Å². The molecule has 0 radical (unpaired) electrons. The fourth-order valence-electron chi connectivity index (χ4n) is 3.37. The van der Waals surface area contributed by atoms with E-state index in [4.69, 9.17) is 0 Å². The Kier molecular flexibility index (Phi) is 6.23. The highest BCUT2D eigenvalue weighted by Gasteiger charge is 2.20. The van der Waals surface area contributed by atoms with E-state index >= 15 is 0 Å². The SMILES string of the molecule is O=C(N[C@@H](CO)Cc1ccccn1)c1ccc(O)cc1-c1cc(-c2ccc(F)cc2)[nH]n1. The third-order valence-corrected chi connectivity index (χ3v) is 4.99. The van der Waals surface area contributed by atoms with Crippen molar-refractivity contribution in [3.8, 4) is 28.3 Å². The average Bonchev–Trinajstić information content (AvgIpc) is 3.30. The van der Waals surface area contributed by atoms with Crippen LogP contribution in [-0.4, -0.2) is 44.0 Å². The minimum absolute atomic E-state index is 0.0184. The second-order valence-corrected chi connectivity index (χ2v) is 7.28. The van der Waals surface area contributed by atoms with Crippen molar-refractivity contribution in [3.63, 3.8) is 0 Å². The van der Waals surface area contributed by atoms with Gasteiger partial charge in [0.25, 0.3) is 5.91 Å². The van der Waals surface area contributed by atoms with Gasteiger partial charge in [-0.25, -0.2) is 4.39 Å². The number of amides is 1. The van der Waals surface area contributed by atoms with Gasteiger partial charge in [0.15, 0.2) is 0 Å². The van der Waals surface area contributed by atoms with Gasteiger partial charge in [-0.3, -0.25) is 14.9 Å². The number of nitrogens with one attached hydrogen (secondary N) is 2. The van der Waals surface area contributed by atoms with Crippen molar-refractivity contribution in [2.75, 3.05) is 6.61 Å². The summed E-state index contributed by atoms with van der Waals surface area (Å²) in [6.45, 7) is -0.257. The Balaban J connectivity index is 1.59. The summed E-state index contributed by atoms with van der Waals surface area (Å²) in [5, 5.41) is 29.7. The fourth-order valence-corrected chi connectivity index (χ4v) is 3.37. The molecule has 32 heavy (non-hydrogen) atoms. The number of aromatic amines is 1. The van der Waals surface area contributed by atoms with Gasteiger partial charge in [-0.15, -0.1) is 0 Å². The summed E-state index contributed by atoms with van der Waals surface area (Å²) in [6, 6.07) is 16.9. The van der Waals surface area contributed by atoms with Crippen LogP contribution in [0, 0.1) is 5.82 Å². The molecule has 0 unspecified atom stereocenters. The molecular formula is C24H21FN4O3. The molecule has 162 valence electrons. The zero-order chi connectivity index (χ0) is 22.5. The number of aliphatic hydroxyl groups is 1. The van der Waals surface area contributed by atoms with Gasteiger partial charge >= 0.3 is 0 Å². The highest BCUT2D eigenvalue weighted by atomic mass is 19.1. The number of aromatic nitrogens is 3. The number of carbonyl (C=O) groups is 1. The zero-order valence-electron chi connectivity index (χ0n) is 17.0. The predicted molar refractivity (Wildman–Crippen MR) is 117 cm³/mol. The summed E-state index contributed by atoms with van der Waals surface area (Å²) in [6.07, 6.45) is 2.02. The molecule has 4 aromatic rings. The van der Waals surface area contributed by atoms with Crippen LogP contribution in [-0.2, 0) is 6.42 Å². The molecule has 0 saturated carbocycles. The molecule has 2 aromatic heterocycles. The van der Waals surface area contributed by atoms with Crippen molar-refractivity contribution in [1.82, 2.24) is 20.5 Å². The molecule has 0 spiro atoms. The number of carbonyl (C=O) groups excluding carboxylic acids is 1. The molecule has 4 rings (SSSR count). The predicted octanol–water partition coefficient (Wildman–Crippen LogP) is 3.32. The van der Waals surface area contributed by atoms with Crippen LogP contribution in [0.5, 0.6) is 5.75 Å². The van der Waals surface area contributed by atoms with E-state index in [1.54, 1.807) is 30.5 Å². The van der Waals surface area contributed by atoms with E-state index in [2.05, 4.69) is 20.5 Å². The van der Waals surface area contributed by atoms with E-state index < -0.39 is 11.9 Å². The van der Waals surface area contributed by atoms with E-state index in [0.717, 1.165) is 11.3 Å². The molecule has 0 bridgehead atoms. The fraction of sp³-hybridized carbons (Fsp3) is 0.125. The maximum Gasteiger partial charge on any atom is 0.252 e. The first kappa shape index (κ1) is 21.2. The second kappa shape index (κ2) is 9.40. The highest BCUT2D eigenvalue weighted by Crippen LogP contribution is 2.29. The number of hydrogen-bond acceptors (Lipinski definition) is 5. The molecule has 0 aliphatic rings. The molecule has 0 aliphatic carbocycles. The van der Waals surface area contributed by atoms with Crippen molar-refractivity contribution in [3.05, 3.63) is 90.0 Å². The Morgan fingerprint density at radius 1 is 1.09 bits per heavy atom. The number of pyridine rings is 1. The number of hydrogen-bond donors (Lipinski definition) is 4. The minimum atomic E-state index is -0.534. The number of phenolic OH excluding ortho intramolecular Hbond substituents is 1. The lowest BCUT2D eigenvalue weighted by Gasteiger charge is -2.17. The van der Waals surface area contributed by atoms with Crippen molar-refractivity contribution in [2.24, 2.45) is 0 Å². The van der Waals surface area contributed by atoms with Crippen LogP contribution in [0.4, 0.5) is 4.39 Å². The molecule has 4 N–H and O–H groups in total. The number of benzene rings is 2. The third kappa shape index (κ3) is 4.81. The maximum atomic E-state index is 13.2. The van der Waals surface area contributed by atoms with Gasteiger partial charge in [-0.05, 0) is 66.2 Å². The number of phenols is 1. The van der Waals surface area contributed by atoms with Crippen LogP contribution in [0.2, 0.25) is 0 Å². The molecule has 1 amide bonds. The normalized spacial score (nSPS) is 11.8. The van der Waals surface area contributed by atoms with E-state index in [-0.39, 0.29) is 18.2 Å². The summed E-state index contributed by atoms with van der Waals surface area (Å²) >= 11 is 0. The molecule has 0 saturated heterocycles. The van der Waals surface area contributed by atoms with E-state index in [0.29, 0.717) is 28.9 Å². The Hall–Kier alpha value is -4.04. The standard InChI is InChI=1S/C24H21FN4O3/c25-16-6-4-15(5-7-16)22-13-23(29-28-22)21-12-19(31)8-9-20(21)24(32)27-18(14-30)11-17-3-1-2-10-26-17/h1-10,12-13,18,30-31H,11,14H2,(H,27,32)(H,28,29)/t18-/m1/s1. The molecule has 0 aliphatic heterocycles. The first-order valence-corrected chi connectivity index (χ1v) is 10.00.